The third-order valence-corrected chi connectivity index (χ3v) is 7.71. The molecule has 2 amide bonds. The van der Waals surface area contributed by atoms with Crippen LogP contribution in [0.1, 0.15) is 61.5 Å². The van der Waals surface area contributed by atoms with Gasteiger partial charge in [-0.2, -0.15) is 0 Å². The largest absolute Gasteiger partial charge is 0.463 e. The zero-order chi connectivity index (χ0) is 24.4. The zero-order valence-corrected chi connectivity index (χ0v) is 20.9. The lowest BCUT2D eigenvalue weighted by atomic mass is 9.93. The van der Waals surface area contributed by atoms with Gasteiger partial charge in [0.25, 0.3) is 5.91 Å². The number of nitrogens with zero attached hydrogens (tertiary/aromatic N) is 2. The minimum absolute atomic E-state index is 0.0893. The highest BCUT2D eigenvalue weighted by Crippen LogP contribution is 2.34. The molecule has 0 spiro atoms. The van der Waals surface area contributed by atoms with Crippen LogP contribution in [0.5, 0.6) is 0 Å². The molecule has 1 fully saturated rings. The lowest BCUT2D eigenvalue weighted by Crippen LogP contribution is -2.65. The Hall–Kier alpha value is -2.99. The number of hydrogen-bond donors (Lipinski definition) is 1. The highest BCUT2D eigenvalue weighted by atomic mass is 35.5. The summed E-state index contributed by atoms with van der Waals surface area (Å²) in [7, 11) is 0. The Morgan fingerprint density at radius 1 is 1.09 bits per heavy atom. The SMILES string of the molecule is C[C@]1(C(=O)NC2CCCCCC2)Cn2c(ccc2-c2ccco2)C(=O)N1CCc1cccc(Cl)c1. The topological polar surface area (TPSA) is 67.5 Å². The van der Waals surface area contributed by atoms with Crippen LogP contribution in [-0.2, 0) is 17.8 Å². The van der Waals surface area contributed by atoms with Crippen molar-refractivity contribution >= 4 is 23.4 Å². The molecule has 3 aromatic rings. The van der Waals surface area contributed by atoms with Crippen molar-refractivity contribution in [2.24, 2.45) is 0 Å². The van der Waals surface area contributed by atoms with Crippen LogP contribution in [0.15, 0.2) is 59.2 Å². The number of halogens is 1. The van der Waals surface area contributed by atoms with E-state index in [-0.39, 0.29) is 17.9 Å². The molecular formula is C28H32ClN3O3. The second kappa shape index (κ2) is 9.94. The van der Waals surface area contributed by atoms with Crippen molar-refractivity contribution in [3.63, 3.8) is 0 Å². The maximum absolute atomic E-state index is 13.9. The molecule has 6 nitrogen and oxygen atoms in total. The predicted molar refractivity (Wildman–Crippen MR) is 136 cm³/mol. The molecule has 184 valence electrons. The van der Waals surface area contributed by atoms with Crippen molar-refractivity contribution in [1.82, 2.24) is 14.8 Å². The monoisotopic (exact) mass is 493 g/mol. The van der Waals surface area contributed by atoms with Crippen LogP contribution in [-0.4, -0.2) is 39.4 Å². The molecule has 1 aliphatic carbocycles. The van der Waals surface area contributed by atoms with E-state index in [1.54, 1.807) is 11.2 Å². The number of carbonyl (C=O) groups excluding carboxylic acids is 2. The van der Waals surface area contributed by atoms with Crippen LogP contribution in [0.3, 0.4) is 0 Å². The number of amides is 2. The lowest BCUT2D eigenvalue weighted by Gasteiger charge is -2.45. The summed E-state index contributed by atoms with van der Waals surface area (Å²) >= 11 is 6.18. The Bertz CT molecular complexity index is 1190. The van der Waals surface area contributed by atoms with Crippen LogP contribution >= 0.6 is 11.6 Å². The number of carbonyl (C=O) groups is 2. The van der Waals surface area contributed by atoms with E-state index < -0.39 is 5.54 Å². The van der Waals surface area contributed by atoms with Gasteiger partial charge in [0.05, 0.1) is 18.5 Å². The van der Waals surface area contributed by atoms with Crippen molar-refractivity contribution in [2.45, 2.75) is 70.0 Å². The third kappa shape index (κ3) is 4.76. The Kier molecular flexibility index (Phi) is 6.74. The number of fused-ring (bicyclic) bond motifs is 1. The number of benzene rings is 1. The molecule has 0 saturated heterocycles. The molecule has 1 aromatic carbocycles. The fourth-order valence-electron chi connectivity index (χ4n) is 5.46. The van der Waals surface area contributed by atoms with Crippen LogP contribution in [0.4, 0.5) is 0 Å². The Labute approximate surface area is 211 Å². The van der Waals surface area contributed by atoms with E-state index in [0.717, 1.165) is 36.9 Å². The molecule has 1 saturated carbocycles. The average molecular weight is 494 g/mol. The van der Waals surface area contributed by atoms with Crippen LogP contribution in [0.2, 0.25) is 5.02 Å². The molecule has 35 heavy (non-hydrogen) atoms. The summed E-state index contributed by atoms with van der Waals surface area (Å²) in [6.45, 7) is 2.68. The van der Waals surface area contributed by atoms with Crippen LogP contribution < -0.4 is 5.32 Å². The first kappa shape index (κ1) is 23.7. The number of rotatable bonds is 6. The number of nitrogens with one attached hydrogen (secondary N) is 1. The summed E-state index contributed by atoms with van der Waals surface area (Å²) in [4.78, 5) is 29.5. The second-order valence-electron chi connectivity index (χ2n) is 9.94. The summed E-state index contributed by atoms with van der Waals surface area (Å²) in [5, 5.41) is 3.98. The average Bonchev–Trinajstić information content (AvgIpc) is 3.44. The minimum atomic E-state index is -1.03. The Morgan fingerprint density at radius 2 is 1.86 bits per heavy atom. The summed E-state index contributed by atoms with van der Waals surface area (Å²) in [5.41, 5.74) is 1.38. The van der Waals surface area contributed by atoms with E-state index >= 15 is 0 Å². The smallest absolute Gasteiger partial charge is 0.271 e. The summed E-state index contributed by atoms with van der Waals surface area (Å²) in [5.74, 6) is 0.450. The van der Waals surface area contributed by atoms with Gasteiger partial charge in [0.1, 0.15) is 17.0 Å². The molecular weight excluding hydrogens is 462 g/mol. The van der Waals surface area contributed by atoms with E-state index in [0.29, 0.717) is 36.0 Å². The fourth-order valence-corrected chi connectivity index (χ4v) is 5.67. The van der Waals surface area contributed by atoms with Crippen LogP contribution in [0.25, 0.3) is 11.5 Å². The van der Waals surface area contributed by atoms with Crippen molar-refractivity contribution < 1.29 is 14.0 Å². The van der Waals surface area contributed by atoms with Crippen LogP contribution in [0, 0.1) is 0 Å². The van der Waals surface area contributed by atoms with Gasteiger partial charge in [0, 0.05) is 17.6 Å². The van der Waals surface area contributed by atoms with Gasteiger partial charge < -0.3 is 19.2 Å². The van der Waals surface area contributed by atoms with Crippen molar-refractivity contribution in [2.75, 3.05) is 6.54 Å². The van der Waals surface area contributed by atoms with E-state index in [2.05, 4.69) is 5.32 Å². The first-order chi connectivity index (χ1) is 17.0. The lowest BCUT2D eigenvalue weighted by molar-refractivity contribution is -0.133. The Morgan fingerprint density at radius 3 is 2.57 bits per heavy atom. The van der Waals surface area contributed by atoms with Gasteiger partial charge in [-0.25, -0.2) is 0 Å². The van der Waals surface area contributed by atoms with Crippen molar-refractivity contribution in [3.8, 4) is 11.5 Å². The highest BCUT2D eigenvalue weighted by Gasteiger charge is 2.48. The molecule has 1 N–H and O–H groups in total. The van der Waals surface area contributed by atoms with Gasteiger partial charge >= 0.3 is 0 Å². The first-order valence-electron chi connectivity index (χ1n) is 12.6. The molecule has 7 heteroatoms. The predicted octanol–water partition coefficient (Wildman–Crippen LogP) is 5.70. The maximum atomic E-state index is 13.9. The number of aromatic nitrogens is 1. The van der Waals surface area contributed by atoms with Gasteiger partial charge in [-0.05, 0) is 68.1 Å². The number of hydrogen-bond acceptors (Lipinski definition) is 3. The summed E-state index contributed by atoms with van der Waals surface area (Å²) in [6.07, 6.45) is 8.90. The minimum Gasteiger partial charge on any atom is -0.463 e. The summed E-state index contributed by atoms with van der Waals surface area (Å²) in [6, 6.07) is 15.3. The van der Waals surface area contributed by atoms with Gasteiger partial charge in [-0.1, -0.05) is 49.4 Å². The highest BCUT2D eigenvalue weighted by molar-refractivity contribution is 6.30. The van der Waals surface area contributed by atoms with E-state index in [9.17, 15) is 9.59 Å². The zero-order valence-electron chi connectivity index (χ0n) is 20.1. The molecule has 5 rings (SSSR count). The van der Waals surface area contributed by atoms with Crippen molar-refractivity contribution in [3.05, 3.63) is 71.1 Å². The maximum Gasteiger partial charge on any atom is 0.271 e. The second-order valence-corrected chi connectivity index (χ2v) is 10.4. The van der Waals surface area contributed by atoms with Gasteiger partial charge in [0.15, 0.2) is 0 Å². The normalized spacial score (nSPS) is 21.0. The molecule has 1 atom stereocenters. The molecule has 1 aliphatic heterocycles. The van der Waals surface area contributed by atoms with E-state index in [4.69, 9.17) is 16.0 Å². The standard InChI is InChI=1S/C28H32ClN3O3/c1-28(27(34)30-22-10-4-2-3-5-11-22)19-31-23(25-12-7-17-35-25)13-14-24(31)26(33)32(28)16-15-20-8-6-9-21(29)18-20/h6-9,12-14,17-18,22H,2-5,10-11,15-16,19H2,1H3,(H,30,34)/t28-/m1/s1. The molecule has 0 radical (unpaired) electrons. The fraction of sp³-hybridized carbons (Fsp3) is 0.429. The number of furan rings is 1. The van der Waals surface area contributed by atoms with Gasteiger partial charge in [0.2, 0.25) is 5.91 Å². The van der Waals surface area contributed by atoms with Crippen molar-refractivity contribution in [1.29, 1.82) is 0 Å². The summed E-state index contributed by atoms with van der Waals surface area (Å²) < 4.78 is 7.56. The van der Waals surface area contributed by atoms with Gasteiger partial charge in [-0.15, -0.1) is 0 Å². The molecule has 3 heterocycles. The molecule has 0 bridgehead atoms. The molecule has 2 aromatic heterocycles. The van der Waals surface area contributed by atoms with Gasteiger partial charge in [-0.3, -0.25) is 9.59 Å². The third-order valence-electron chi connectivity index (χ3n) is 7.47. The first-order valence-corrected chi connectivity index (χ1v) is 12.9. The quantitative estimate of drug-likeness (QED) is 0.448. The molecule has 0 unspecified atom stereocenters. The Balaban J connectivity index is 1.47. The molecule has 2 aliphatic rings. The van der Waals surface area contributed by atoms with E-state index in [1.165, 1.54) is 12.8 Å². The van der Waals surface area contributed by atoms with E-state index in [1.807, 2.05) is 60.0 Å².